The summed E-state index contributed by atoms with van der Waals surface area (Å²) in [7, 11) is 3.14. The van der Waals surface area contributed by atoms with Crippen LogP contribution in [-0.2, 0) is 0 Å². The second-order valence-corrected chi connectivity index (χ2v) is 6.08. The third-order valence-corrected chi connectivity index (χ3v) is 4.52. The van der Waals surface area contributed by atoms with Crippen LogP contribution < -0.4 is 14.8 Å². The lowest BCUT2D eigenvalue weighted by molar-refractivity contribution is 0.0936. The van der Waals surface area contributed by atoms with Gasteiger partial charge >= 0.3 is 0 Å². The van der Waals surface area contributed by atoms with E-state index in [0.717, 1.165) is 12.8 Å². The van der Waals surface area contributed by atoms with Gasteiger partial charge in [0.05, 0.1) is 14.2 Å². The SMILES string of the molecule is COc1cc(C(=O)NC2CCC(C)C2)cc(OC)c1Br. The lowest BCUT2D eigenvalue weighted by atomic mass is 10.1. The quantitative estimate of drug-likeness (QED) is 0.913. The van der Waals surface area contributed by atoms with Gasteiger partial charge < -0.3 is 14.8 Å². The second kappa shape index (κ2) is 6.48. The average molecular weight is 342 g/mol. The van der Waals surface area contributed by atoms with Gasteiger partial charge in [0.25, 0.3) is 5.91 Å². The molecule has 20 heavy (non-hydrogen) atoms. The van der Waals surface area contributed by atoms with E-state index in [4.69, 9.17) is 9.47 Å². The average Bonchev–Trinajstić information content (AvgIpc) is 2.84. The summed E-state index contributed by atoms with van der Waals surface area (Å²) in [5.74, 6) is 1.80. The fraction of sp³-hybridized carbons (Fsp3) is 0.533. The molecule has 110 valence electrons. The number of hydrogen-bond acceptors (Lipinski definition) is 3. The van der Waals surface area contributed by atoms with Crippen LogP contribution in [0.1, 0.15) is 36.5 Å². The number of nitrogens with one attached hydrogen (secondary N) is 1. The maximum absolute atomic E-state index is 12.3. The molecule has 1 N–H and O–H groups in total. The summed E-state index contributed by atoms with van der Waals surface area (Å²) in [6, 6.07) is 3.72. The molecule has 4 nitrogen and oxygen atoms in total. The summed E-state index contributed by atoms with van der Waals surface area (Å²) >= 11 is 3.40. The van der Waals surface area contributed by atoms with Crippen LogP contribution in [0.2, 0.25) is 0 Å². The molecule has 1 saturated carbocycles. The summed E-state index contributed by atoms with van der Waals surface area (Å²) in [5, 5.41) is 3.08. The smallest absolute Gasteiger partial charge is 0.251 e. The number of rotatable bonds is 4. The first kappa shape index (κ1) is 15.2. The summed E-state index contributed by atoms with van der Waals surface area (Å²) < 4.78 is 11.2. The van der Waals surface area contributed by atoms with Gasteiger partial charge in [-0.3, -0.25) is 4.79 Å². The van der Waals surface area contributed by atoms with E-state index < -0.39 is 0 Å². The molecule has 2 rings (SSSR count). The molecule has 0 heterocycles. The highest BCUT2D eigenvalue weighted by Crippen LogP contribution is 2.35. The molecule has 1 fully saturated rings. The van der Waals surface area contributed by atoms with Gasteiger partial charge in [0.2, 0.25) is 0 Å². The third-order valence-electron chi connectivity index (χ3n) is 3.74. The van der Waals surface area contributed by atoms with Crippen LogP contribution in [-0.4, -0.2) is 26.2 Å². The van der Waals surface area contributed by atoms with E-state index in [0.29, 0.717) is 27.5 Å². The predicted octanol–water partition coefficient (Wildman–Crippen LogP) is 3.38. The molecule has 5 heteroatoms. The number of ether oxygens (including phenoxy) is 2. The van der Waals surface area contributed by atoms with Gasteiger partial charge in [-0.2, -0.15) is 0 Å². The van der Waals surface area contributed by atoms with E-state index in [1.54, 1.807) is 26.4 Å². The number of carbonyl (C=O) groups is 1. The van der Waals surface area contributed by atoms with Gasteiger partial charge in [0.1, 0.15) is 16.0 Å². The fourth-order valence-corrected chi connectivity index (χ4v) is 3.16. The zero-order valence-electron chi connectivity index (χ0n) is 12.0. The molecule has 0 bridgehead atoms. The minimum Gasteiger partial charge on any atom is -0.495 e. The van der Waals surface area contributed by atoms with E-state index in [9.17, 15) is 4.79 Å². The molecule has 0 saturated heterocycles. The zero-order valence-corrected chi connectivity index (χ0v) is 13.6. The molecule has 2 atom stereocenters. The number of carbonyl (C=O) groups excluding carboxylic acids is 1. The van der Waals surface area contributed by atoms with Crippen LogP contribution in [0, 0.1) is 5.92 Å². The number of hydrogen-bond donors (Lipinski definition) is 1. The summed E-state index contributed by atoms with van der Waals surface area (Å²) in [4.78, 5) is 12.3. The van der Waals surface area contributed by atoms with Crippen molar-refractivity contribution in [2.75, 3.05) is 14.2 Å². The lowest BCUT2D eigenvalue weighted by Crippen LogP contribution is -2.32. The van der Waals surface area contributed by atoms with Gasteiger partial charge in [-0.1, -0.05) is 6.92 Å². The first-order valence-corrected chi connectivity index (χ1v) is 7.56. The van der Waals surface area contributed by atoms with E-state index in [1.807, 2.05) is 0 Å². The van der Waals surface area contributed by atoms with Crippen LogP contribution in [0.4, 0.5) is 0 Å². The van der Waals surface area contributed by atoms with Gasteiger partial charge in [-0.25, -0.2) is 0 Å². The maximum atomic E-state index is 12.3. The standard InChI is InChI=1S/C15H20BrNO3/c1-9-4-5-11(6-9)17-15(18)10-7-12(19-2)14(16)13(8-10)20-3/h7-9,11H,4-6H2,1-3H3,(H,17,18). The van der Waals surface area contributed by atoms with Crippen LogP contribution in [0.3, 0.4) is 0 Å². The van der Waals surface area contributed by atoms with Crippen LogP contribution in [0.5, 0.6) is 11.5 Å². The first-order valence-electron chi connectivity index (χ1n) is 6.77. The Hall–Kier alpha value is -1.23. The minimum absolute atomic E-state index is 0.0757. The van der Waals surface area contributed by atoms with Gasteiger partial charge in [-0.15, -0.1) is 0 Å². The van der Waals surface area contributed by atoms with Crippen molar-refractivity contribution in [2.24, 2.45) is 5.92 Å². The Bertz CT molecular complexity index is 479. The largest absolute Gasteiger partial charge is 0.495 e. The van der Waals surface area contributed by atoms with Gasteiger partial charge in [-0.05, 0) is 53.2 Å². The molecule has 0 radical (unpaired) electrons. The van der Waals surface area contributed by atoms with Crippen LogP contribution >= 0.6 is 15.9 Å². The van der Waals surface area contributed by atoms with Crippen molar-refractivity contribution in [3.05, 3.63) is 22.2 Å². The van der Waals surface area contributed by atoms with E-state index in [-0.39, 0.29) is 11.9 Å². The highest BCUT2D eigenvalue weighted by Gasteiger charge is 2.24. The van der Waals surface area contributed by atoms with Crippen molar-refractivity contribution in [3.8, 4) is 11.5 Å². The Morgan fingerprint density at radius 3 is 2.30 bits per heavy atom. The van der Waals surface area contributed by atoms with Crippen molar-refractivity contribution >= 4 is 21.8 Å². The molecule has 1 aliphatic carbocycles. The summed E-state index contributed by atoms with van der Waals surface area (Å²) in [6.07, 6.45) is 3.28. The van der Waals surface area contributed by atoms with Gasteiger partial charge in [0.15, 0.2) is 0 Å². The Labute approximate surface area is 128 Å². The Kier molecular flexibility index (Phi) is 4.91. The summed E-state index contributed by atoms with van der Waals surface area (Å²) in [5.41, 5.74) is 0.557. The number of halogens is 1. The number of methoxy groups -OCH3 is 2. The normalized spacial score (nSPS) is 21.6. The maximum Gasteiger partial charge on any atom is 0.251 e. The van der Waals surface area contributed by atoms with Crippen molar-refractivity contribution in [2.45, 2.75) is 32.2 Å². The van der Waals surface area contributed by atoms with Crippen molar-refractivity contribution in [3.63, 3.8) is 0 Å². The Morgan fingerprint density at radius 1 is 1.25 bits per heavy atom. The van der Waals surface area contributed by atoms with Gasteiger partial charge in [0, 0.05) is 11.6 Å². The molecule has 1 aliphatic rings. The first-order chi connectivity index (χ1) is 9.55. The lowest BCUT2D eigenvalue weighted by Gasteiger charge is -2.15. The Balaban J connectivity index is 2.17. The molecular formula is C15H20BrNO3. The van der Waals surface area contributed by atoms with Crippen molar-refractivity contribution < 1.29 is 14.3 Å². The molecule has 0 spiro atoms. The second-order valence-electron chi connectivity index (χ2n) is 5.28. The number of benzene rings is 1. The van der Waals surface area contributed by atoms with Crippen molar-refractivity contribution in [1.82, 2.24) is 5.32 Å². The third kappa shape index (κ3) is 3.26. The van der Waals surface area contributed by atoms with E-state index in [2.05, 4.69) is 28.2 Å². The molecule has 0 aromatic heterocycles. The molecular weight excluding hydrogens is 322 g/mol. The highest BCUT2D eigenvalue weighted by atomic mass is 79.9. The fourth-order valence-electron chi connectivity index (χ4n) is 2.61. The topological polar surface area (TPSA) is 47.6 Å². The van der Waals surface area contributed by atoms with E-state index in [1.165, 1.54) is 6.42 Å². The zero-order chi connectivity index (χ0) is 14.7. The van der Waals surface area contributed by atoms with Crippen molar-refractivity contribution in [1.29, 1.82) is 0 Å². The van der Waals surface area contributed by atoms with Crippen LogP contribution in [0.25, 0.3) is 0 Å². The number of amides is 1. The molecule has 0 aliphatic heterocycles. The molecule has 1 aromatic rings. The minimum atomic E-state index is -0.0757. The van der Waals surface area contributed by atoms with E-state index >= 15 is 0 Å². The van der Waals surface area contributed by atoms with Crippen LogP contribution in [0.15, 0.2) is 16.6 Å². The molecule has 1 aromatic carbocycles. The predicted molar refractivity (Wildman–Crippen MR) is 81.5 cm³/mol. The Morgan fingerprint density at radius 2 is 1.85 bits per heavy atom. The summed E-state index contributed by atoms with van der Waals surface area (Å²) in [6.45, 7) is 2.22. The highest BCUT2D eigenvalue weighted by molar-refractivity contribution is 9.10. The molecule has 2 unspecified atom stereocenters. The molecule has 1 amide bonds. The monoisotopic (exact) mass is 341 g/mol.